The van der Waals surface area contributed by atoms with Crippen molar-refractivity contribution in [3.8, 4) is 0 Å². The number of piperidine rings is 1. The number of aromatic nitrogens is 1. The van der Waals surface area contributed by atoms with Crippen molar-refractivity contribution in [2.45, 2.75) is 38.1 Å². The first kappa shape index (κ1) is 16.8. The number of H-pyrrole nitrogens is 1. The third-order valence-electron chi connectivity index (χ3n) is 4.75. The number of halogens is 1. The van der Waals surface area contributed by atoms with Crippen LogP contribution in [0.2, 0.25) is 0 Å². The van der Waals surface area contributed by atoms with Crippen LogP contribution in [0.5, 0.6) is 0 Å². The predicted molar refractivity (Wildman–Crippen MR) is 91.4 cm³/mol. The molecule has 0 spiro atoms. The van der Waals surface area contributed by atoms with Crippen LogP contribution in [0.15, 0.2) is 24.4 Å². The monoisotopic (exact) mass is 333 g/mol. The van der Waals surface area contributed by atoms with E-state index in [1.54, 1.807) is 6.07 Å². The van der Waals surface area contributed by atoms with E-state index in [9.17, 15) is 9.18 Å². The zero-order chi connectivity index (χ0) is 16.9. The molecule has 1 unspecified atom stereocenters. The maximum Gasteiger partial charge on any atom is 0.317 e. The molecule has 0 bridgehead atoms. The predicted octanol–water partition coefficient (Wildman–Crippen LogP) is 2.80. The molecule has 3 rings (SSSR count). The summed E-state index contributed by atoms with van der Waals surface area (Å²) in [6.07, 6.45) is 6.22. The largest absolute Gasteiger partial charge is 0.396 e. The molecule has 1 saturated heterocycles. The van der Waals surface area contributed by atoms with Crippen LogP contribution in [0.4, 0.5) is 9.18 Å². The molecule has 0 aliphatic carbocycles. The minimum Gasteiger partial charge on any atom is -0.396 e. The molecule has 1 aliphatic rings. The Hall–Kier alpha value is -2.08. The molecule has 1 atom stereocenters. The van der Waals surface area contributed by atoms with Crippen molar-refractivity contribution >= 4 is 16.9 Å². The van der Waals surface area contributed by atoms with Crippen LogP contribution in [0.3, 0.4) is 0 Å². The van der Waals surface area contributed by atoms with Crippen LogP contribution in [-0.2, 0) is 6.42 Å². The molecule has 0 saturated carbocycles. The summed E-state index contributed by atoms with van der Waals surface area (Å²) in [6, 6.07) is 4.73. The second kappa shape index (κ2) is 7.66. The lowest BCUT2D eigenvalue weighted by atomic mass is 10.0. The van der Waals surface area contributed by atoms with Crippen LogP contribution in [0.25, 0.3) is 10.9 Å². The summed E-state index contributed by atoms with van der Waals surface area (Å²) in [5.41, 5.74) is 1.90. The highest BCUT2D eigenvalue weighted by molar-refractivity contribution is 5.83. The van der Waals surface area contributed by atoms with Gasteiger partial charge < -0.3 is 20.3 Å². The molecule has 2 heterocycles. The van der Waals surface area contributed by atoms with Gasteiger partial charge in [-0.3, -0.25) is 0 Å². The molecule has 2 amide bonds. The lowest BCUT2D eigenvalue weighted by Gasteiger charge is -2.35. The minimum absolute atomic E-state index is 0.0702. The Kier molecular flexibility index (Phi) is 5.35. The van der Waals surface area contributed by atoms with Crippen molar-refractivity contribution in [2.24, 2.45) is 0 Å². The zero-order valence-corrected chi connectivity index (χ0v) is 13.7. The number of likely N-dealkylation sites (tertiary alicyclic amines) is 1. The number of hydrogen-bond donors (Lipinski definition) is 3. The molecule has 6 heteroatoms. The van der Waals surface area contributed by atoms with E-state index in [-0.39, 0.29) is 24.5 Å². The fourth-order valence-corrected chi connectivity index (χ4v) is 3.48. The van der Waals surface area contributed by atoms with E-state index in [1.165, 1.54) is 12.1 Å². The number of fused-ring (bicyclic) bond motifs is 1. The third-order valence-corrected chi connectivity index (χ3v) is 4.75. The third kappa shape index (κ3) is 3.70. The van der Waals surface area contributed by atoms with Gasteiger partial charge in [0.05, 0.1) is 0 Å². The van der Waals surface area contributed by atoms with Crippen molar-refractivity contribution < 1.29 is 14.3 Å². The van der Waals surface area contributed by atoms with E-state index >= 15 is 0 Å². The van der Waals surface area contributed by atoms with E-state index in [0.29, 0.717) is 19.4 Å². The van der Waals surface area contributed by atoms with Crippen molar-refractivity contribution in [1.82, 2.24) is 15.2 Å². The number of aromatic amines is 1. The van der Waals surface area contributed by atoms with Crippen molar-refractivity contribution in [2.75, 3.05) is 19.7 Å². The molecule has 1 fully saturated rings. The van der Waals surface area contributed by atoms with Gasteiger partial charge in [-0.1, -0.05) is 0 Å². The number of aliphatic hydroxyl groups is 1. The molecule has 24 heavy (non-hydrogen) atoms. The Balaban J connectivity index is 1.56. The SMILES string of the molecule is O=C(NCCc1c[nH]c2ccc(F)cc12)N1CCCCC1CCO. The summed E-state index contributed by atoms with van der Waals surface area (Å²) >= 11 is 0. The van der Waals surface area contributed by atoms with Gasteiger partial charge in [-0.2, -0.15) is 0 Å². The van der Waals surface area contributed by atoms with Gasteiger partial charge in [0.1, 0.15) is 5.82 Å². The molecule has 130 valence electrons. The Morgan fingerprint density at radius 1 is 1.42 bits per heavy atom. The first-order valence-electron chi connectivity index (χ1n) is 8.60. The first-order valence-corrected chi connectivity index (χ1v) is 8.60. The Labute approximate surface area is 140 Å². The van der Waals surface area contributed by atoms with E-state index < -0.39 is 0 Å². The highest BCUT2D eigenvalue weighted by atomic mass is 19.1. The van der Waals surface area contributed by atoms with Crippen LogP contribution in [0.1, 0.15) is 31.2 Å². The fourth-order valence-electron chi connectivity index (χ4n) is 3.48. The van der Waals surface area contributed by atoms with E-state index in [2.05, 4.69) is 10.3 Å². The number of aliphatic hydroxyl groups excluding tert-OH is 1. The highest BCUT2D eigenvalue weighted by Crippen LogP contribution is 2.21. The van der Waals surface area contributed by atoms with Crippen molar-refractivity contribution in [1.29, 1.82) is 0 Å². The highest BCUT2D eigenvalue weighted by Gasteiger charge is 2.25. The van der Waals surface area contributed by atoms with Gasteiger partial charge in [0.2, 0.25) is 0 Å². The molecule has 3 N–H and O–H groups in total. The number of carbonyl (C=O) groups is 1. The standard InChI is InChI=1S/C18H24FN3O2/c19-14-4-5-17-16(11-14)13(12-21-17)6-8-20-18(24)22-9-2-1-3-15(22)7-10-23/h4-5,11-12,15,21,23H,1-3,6-10H2,(H,20,24). The van der Waals surface area contributed by atoms with Crippen LogP contribution < -0.4 is 5.32 Å². The molecule has 1 aliphatic heterocycles. The summed E-state index contributed by atoms with van der Waals surface area (Å²) < 4.78 is 13.4. The van der Waals surface area contributed by atoms with Gasteiger partial charge in [0.15, 0.2) is 0 Å². The molecular weight excluding hydrogens is 309 g/mol. The topological polar surface area (TPSA) is 68.4 Å². The number of rotatable bonds is 5. The number of amides is 2. The maximum absolute atomic E-state index is 13.4. The normalized spacial score (nSPS) is 18.1. The lowest BCUT2D eigenvalue weighted by molar-refractivity contribution is 0.132. The lowest BCUT2D eigenvalue weighted by Crippen LogP contribution is -2.49. The van der Waals surface area contributed by atoms with Gasteiger partial charge in [0.25, 0.3) is 0 Å². The number of nitrogens with zero attached hydrogens (tertiary/aromatic N) is 1. The van der Waals surface area contributed by atoms with E-state index in [0.717, 1.165) is 42.3 Å². The van der Waals surface area contributed by atoms with Gasteiger partial charge >= 0.3 is 6.03 Å². The second-order valence-corrected chi connectivity index (χ2v) is 6.34. The van der Waals surface area contributed by atoms with Gasteiger partial charge in [-0.25, -0.2) is 9.18 Å². The number of hydrogen-bond acceptors (Lipinski definition) is 2. The number of urea groups is 1. The van der Waals surface area contributed by atoms with Gasteiger partial charge in [-0.05, 0) is 55.9 Å². The minimum atomic E-state index is -0.257. The molecule has 5 nitrogen and oxygen atoms in total. The van der Waals surface area contributed by atoms with E-state index in [1.807, 2.05) is 11.1 Å². The Morgan fingerprint density at radius 2 is 2.29 bits per heavy atom. The van der Waals surface area contributed by atoms with Gasteiger partial charge in [0, 0.05) is 42.8 Å². The number of benzene rings is 1. The smallest absolute Gasteiger partial charge is 0.317 e. The van der Waals surface area contributed by atoms with Crippen molar-refractivity contribution in [3.63, 3.8) is 0 Å². The summed E-state index contributed by atoms with van der Waals surface area (Å²) in [5, 5.41) is 13.0. The van der Waals surface area contributed by atoms with Crippen LogP contribution in [-0.4, -0.2) is 46.8 Å². The molecule has 1 aromatic heterocycles. The van der Waals surface area contributed by atoms with Crippen LogP contribution >= 0.6 is 0 Å². The number of carbonyl (C=O) groups excluding carboxylic acids is 1. The average Bonchev–Trinajstić information content (AvgIpc) is 2.98. The molecular formula is C18H24FN3O2. The molecule has 1 aromatic carbocycles. The summed E-state index contributed by atoms with van der Waals surface area (Å²) in [5.74, 6) is -0.257. The summed E-state index contributed by atoms with van der Waals surface area (Å²) in [7, 11) is 0. The quantitative estimate of drug-likeness (QED) is 0.787. The molecule has 2 aromatic rings. The first-order chi connectivity index (χ1) is 11.7. The Bertz CT molecular complexity index is 699. The average molecular weight is 333 g/mol. The van der Waals surface area contributed by atoms with Crippen molar-refractivity contribution in [3.05, 3.63) is 35.8 Å². The summed E-state index contributed by atoms with van der Waals surface area (Å²) in [6.45, 7) is 1.36. The number of nitrogens with one attached hydrogen (secondary N) is 2. The fraction of sp³-hybridized carbons (Fsp3) is 0.500. The van der Waals surface area contributed by atoms with Gasteiger partial charge in [-0.15, -0.1) is 0 Å². The zero-order valence-electron chi connectivity index (χ0n) is 13.7. The maximum atomic E-state index is 13.4. The second-order valence-electron chi connectivity index (χ2n) is 6.34. The Morgan fingerprint density at radius 3 is 3.12 bits per heavy atom. The molecule has 0 radical (unpaired) electrons. The summed E-state index contributed by atoms with van der Waals surface area (Å²) in [4.78, 5) is 17.4. The van der Waals surface area contributed by atoms with E-state index in [4.69, 9.17) is 5.11 Å². The van der Waals surface area contributed by atoms with Crippen LogP contribution in [0, 0.1) is 5.82 Å².